The molecule has 1 fully saturated rings. The number of amides is 1. The highest BCUT2D eigenvalue weighted by Crippen LogP contribution is 2.27. The van der Waals surface area contributed by atoms with E-state index in [1.54, 1.807) is 4.90 Å². The van der Waals surface area contributed by atoms with E-state index < -0.39 is 26.6 Å². The van der Waals surface area contributed by atoms with E-state index in [-0.39, 0.29) is 27.1 Å². The van der Waals surface area contributed by atoms with Crippen molar-refractivity contribution in [3.63, 3.8) is 0 Å². The second kappa shape index (κ2) is 7.95. The average Bonchev–Trinajstić information content (AvgIpc) is 2.64. The quantitative estimate of drug-likeness (QED) is 0.807. The maximum Gasteiger partial charge on any atom is 0.261 e. The van der Waals surface area contributed by atoms with E-state index >= 15 is 0 Å². The van der Waals surface area contributed by atoms with Gasteiger partial charge in [-0.3, -0.25) is 13.7 Å². The monoisotopic (exact) mass is 430 g/mol. The number of nitrogens with one attached hydrogen (secondary N) is 1. The van der Waals surface area contributed by atoms with E-state index in [2.05, 4.69) is 4.72 Å². The summed E-state index contributed by atoms with van der Waals surface area (Å²) in [5, 5.41) is 0.122. The van der Waals surface area contributed by atoms with E-state index in [1.165, 1.54) is 18.2 Å². The molecule has 0 unspecified atom stereocenters. The zero-order valence-corrected chi connectivity index (χ0v) is 16.4. The lowest BCUT2D eigenvalue weighted by molar-refractivity contribution is 0.0771. The van der Waals surface area contributed by atoms with E-state index in [1.807, 2.05) is 0 Å². The smallest absolute Gasteiger partial charge is 0.261 e. The molecule has 0 saturated carbocycles. The van der Waals surface area contributed by atoms with Gasteiger partial charge >= 0.3 is 0 Å². The molecular formula is C17H16ClFN2O4S2. The molecule has 144 valence electrons. The number of rotatable bonds is 4. The zero-order chi connectivity index (χ0) is 19.6. The number of carbonyl (C=O) groups is 1. The van der Waals surface area contributed by atoms with E-state index in [0.717, 1.165) is 24.3 Å². The second-order valence-corrected chi connectivity index (χ2v) is 9.68. The van der Waals surface area contributed by atoms with Crippen molar-refractivity contribution in [3.8, 4) is 0 Å². The molecule has 2 aromatic carbocycles. The molecular weight excluding hydrogens is 415 g/mol. The Morgan fingerprint density at radius 2 is 1.74 bits per heavy atom. The Morgan fingerprint density at radius 1 is 1.11 bits per heavy atom. The van der Waals surface area contributed by atoms with Crippen molar-refractivity contribution in [2.45, 2.75) is 4.90 Å². The van der Waals surface area contributed by atoms with Crippen LogP contribution in [0.25, 0.3) is 0 Å². The SMILES string of the molecule is O=C(c1ccc(Cl)c(NS(=O)(=O)c2ccc(F)cc2)c1)N1CCS(=O)CC1. The van der Waals surface area contributed by atoms with Crippen LogP contribution in [0.2, 0.25) is 5.02 Å². The molecule has 0 radical (unpaired) electrons. The minimum atomic E-state index is -3.99. The molecule has 6 nitrogen and oxygen atoms in total. The van der Waals surface area contributed by atoms with Gasteiger partial charge in [-0.2, -0.15) is 0 Å². The zero-order valence-electron chi connectivity index (χ0n) is 14.0. The average molecular weight is 431 g/mol. The van der Waals surface area contributed by atoms with Gasteiger partial charge in [0.1, 0.15) is 5.82 Å². The molecule has 1 N–H and O–H groups in total. The lowest BCUT2D eigenvalue weighted by Crippen LogP contribution is -2.41. The summed E-state index contributed by atoms with van der Waals surface area (Å²) >= 11 is 6.07. The predicted molar refractivity (Wildman–Crippen MR) is 102 cm³/mol. The van der Waals surface area contributed by atoms with Gasteiger partial charge in [-0.15, -0.1) is 0 Å². The first-order chi connectivity index (χ1) is 12.8. The summed E-state index contributed by atoms with van der Waals surface area (Å²) < 4.78 is 51.7. The van der Waals surface area contributed by atoms with Crippen molar-refractivity contribution < 1.29 is 21.8 Å². The van der Waals surface area contributed by atoms with Crippen LogP contribution in [0.1, 0.15) is 10.4 Å². The van der Waals surface area contributed by atoms with Crippen molar-refractivity contribution in [2.24, 2.45) is 0 Å². The Kier molecular flexibility index (Phi) is 5.83. The molecule has 0 aromatic heterocycles. The number of nitrogens with zero attached hydrogens (tertiary/aromatic N) is 1. The number of anilines is 1. The molecule has 1 amide bonds. The summed E-state index contributed by atoms with van der Waals surface area (Å²) in [5.41, 5.74) is 0.316. The third-order valence-electron chi connectivity index (χ3n) is 4.05. The molecule has 0 aliphatic carbocycles. The summed E-state index contributed by atoms with van der Waals surface area (Å²) in [6.07, 6.45) is 0. The van der Waals surface area contributed by atoms with Crippen molar-refractivity contribution in [3.05, 3.63) is 58.9 Å². The molecule has 27 heavy (non-hydrogen) atoms. The fraction of sp³-hybridized carbons (Fsp3) is 0.235. The highest BCUT2D eigenvalue weighted by atomic mass is 35.5. The van der Waals surface area contributed by atoms with Crippen LogP contribution in [-0.4, -0.2) is 48.0 Å². The van der Waals surface area contributed by atoms with Crippen LogP contribution in [0, 0.1) is 5.82 Å². The fourth-order valence-corrected chi connectivity index (χ4v) is 4.92. The van der Waals surface area contributed by atoms with Crippen LogP contribution >= 0.6 is 11.6 Å². The van der Waals surface area contributed by atoms with E-state index in [0.29, 0.717) is 24.6 Å². The van der Waals surface area contributed by atoms with Crippen LogP contribution in [-0.2, 0) is 20.8 Å². The van der Waals surface area contributed by atoms with Crippen LogP contribution in [0.4, 0.5) is 10.1 Å². The van der Waals surface area contributed by atoms with Gasteiger partial charge < -0.3 is 4.90 Å². The highest BCUT2D eigenvalue weighted by Gasteiger charge is 2.23. The molecule has 0 atom stereocenters. The molecule has 1 heterocycles. The molecule has 2 aromatic rings. The topological polar surface area (TPSA) is 83.6 Å². The first kappa shape index (κ1) is 19.8. The summed E-state index contributed by atoms with van der Waals surface area (Å²) in [6, 6.07) is 8.64. The molecule has 1 aliphatic heterocycles. The summed E-state index contributed by atoms with van der Waals surface area (Å²) in [6.45, 7) is 0.759. The Morgan fingerprint density at radius 3 is 2.37 bits per heavy atom. The Hall–Kier alpha value is -1.97. The van der Waals surface area contributed by atoms with Crippen LogP contribution in [0.5, 0.6) is 0 Å². The summed E-state index contributed by atoms with van der Waals surface area (Å²) in [4.78, 5) is 14.1. The number of sulfonamides is 1. The van der Waals surface area contributed by atoms with Gasteiger partial charge in [0.05, 0.1) is 15.6 Å². The standard InChI is InChI=1S/C17H16ClFN2O4S2/c18-15-6-1-12(17(22)21-7-9-26(23)10-8-21)11-16(15)20-27(24,25)14-4-2-13(19)3-5-14/h1-6,11,20H,7-10H2. The second-order valence-electron chi connectivity index (χ2n) is 5.89. The lowest BCUT2D eigenvalue weighted by atomic mass is 10.1. The number of halogens is 2. The third-order valence-corrected chi connectivity index (χ3v) is 7.03. The lowest BCUT2D eigenvalue weighted by Gasteiger charge is -2.26. The van der Waals surface area contributed by atoms with Crippen molar-refractivity contribution in [2.75, 3.05) is 29.3 Å². The molecule has 3 rings (SSSR count). The number of hydrogen-bond acceptors (Lipinski definition) is 4. The number of hydrogen-bond donors (Lipinski definition) is 1. The van der Waals surface area contributed by atoms with Gasteiger partial charge in [-0.1, -0.05) is 11.6 Å². The summed E-state index contributed by atoms with van der Waals surface area (Å²) in [5.74, 6) is -0.000107. The molecule has 0 bridgehead atoms. The Labute approximate surface area is 163 Å². The minimum Gasteiger partial charge on any atom is -0.337 e. The summed E-state index contributed by atoms with van der Waals surface area (Å²) in [7, 11) is -4.91. The van der Waals surface area contributed by atoms with Gasteiger partial charge in [0.2, 0.25) is 0 Å². The van der Waals surface area contributed by atoms with E-state index in [4.69, 9.17) is 11.6 Å². The molecule has 1 saturated heterocycles. The molecule has 10 heteroatoms. The van der Waals surface area contributed by atoms with Crippen LogP contribution < -0.4 is 4.72 Å². The molecule has 1 aliphatic rings. The van der Waals surface area contributed by atoms with Gasteiger partial charge in [-0.25, -0.2) is 12.8 Å². The maximum absolute atomic E-state index is 13.0. The highest BCUT2D eigenvalue weighted by molar-refractivity contribution is 7.92. The Bertz CT molecular complexity index is 986. The third kappa shape index (κ3) is 4.66. The predicted octanol–water partition coefficient (Wildman–Crippen LogP) is 2.48. The fourth-order valence-electron chi connectivity index (χ4n) is 2.58. The van der Waals surface area contributed by atoms with Gasteiger partial charge in [-0.05, 0) is 42.5 Å². The van der Waals surface area contributed by atoms with Crippen LogP contribution in [0.15, 0.2) is 47.4 Å². The minimum absolute atomic E-state index is 0.0485. The first-order valence-corrected chi connectivity index (χ1v) is 11.3. The normalized spacial score (nSPS) is 15.6. The molecule has 0 spiro atoms. The van der Waals surface area contributed by atoms with Crippen molar-refractivity contribution in [1.29, 1.82) is 0 Å². The van der Waals surface area contributed by atoms with Crippen molar-refractivity contribution >= 4 is 44.0 Å². The largest absolute Gasteiger partial charge is 0.337 e. The number of benzene rings is 2. The van der Waals surface area contributed by atoms with Gasteiger partial charge in [0.15, 0.2) is 0 Å². The van der Waals surface area contributed by atoms with E-state index in [9.17, 15) is 21.8 Å². The Balaban J connectivity index is 1.84. The van der Waals surface area contributed by atoms with Gasteiger partial charge in [0.25, 0.3) is 15.9 Å². The number of carbonyl (C=O) groups excluding carboxylic acids is 1. The maximum atomic E-state index is 13.0. The van der Waals surface area contributed by atoms with Crippen LogP contribution in [0.3, 0.4) is 0 Å². The first-order valence-electron chi connectivity index (χ1n) is 7.98. The van der Waals surface area contributed by atoms with Crippen molar-refractivity contribution in [1.82, 2.24) is 4.90 Å². The van der Waals surface area contributed by atoms with Gasteiger partial charge in [0, 0.05) is 41.0 Å².